The number of aromatic nitrogens is 3. The molecule has 0 bridgehead atoms. The summed E-state index contributed by atoms with van der Waals surface area (Å²) in [5, 5.41) is 13.9. The van der Waals surface area contributed by atoms with E-state index in [-0.39, 0.29) is 17.9 Å². The number of fused-ring (bicyclic) bond motifs is 1. The van der Waals surface area contributed by atoms with E-state index < -0.39 is 0 Å². The second-order valence-corrected chi connectivity index (χ2v) is 5.70. The van der Waals surface area contributed by atoms with Crippen LogP contribution in [0.4, 0.5) is 5.69 Å². The number of hydrogen-bond donors (Lipinski definition) is 2. The van der Waals surface area contributed by atoms with E-state index in [2.05, 4.69) is 27.4 Å². The SMILES string of the molecule is C=CC(=O)Nc1cccc(C(=O)NC2CCCn3c(C)nnc32)c1. The molecule has 0 saturated carbocycles. The van der Waals surface area contributed by atoms with Gasteiger partial charge in [-0.1, -0.05) is 12.6 Å². The highest BCUT2D eigenvalue weighted by molar-refractivity contribution is 6.00. The van der Waals surface area contributed by atoms with E-state index in [1.54, 1.807) is 24.3 Å². The molecule has 124 valence electrons. The Morgan fingerprint density at radius 1 is 1.38 bits per heavy atom. The van der Waals surface area contributed by atoms with Gasteiger partial charge in [-0.3, -0.25) is 9.59 Å². The van der Waals surface area contributed by atoms with Crippen molar-refractivity contribution in [2.75, 3.05) is 5.32 Å². The summed E-state index contributed by atoms with van der Waals surface area (Å²) in [5.41, 5.74) is 1.03. The third-order valence-electron chi connectivity index (χ3n) is 4.03. The lowest BCUT2D eigenvalue weighted by Crippen LogP contribution is -2.33. The largest absolute Gasteiger partial charge is 0.342 e. The zero-order valence-electron chi connectivity index (χ0n) is 13.5. The molecular weight excluding hydrogens is 306 g/mol. The van der Waals surface area contributed by atoms with Crippen LogP contribution in [0, 0.1) is 6.92 Å². The van der Waals surface area contributed by atoms with Gasteiger partial charge in [0.2, 0.25) is 5.91 Å². The first-order valence-corrected chi connectivity index (χ1v) is 7.82. The first-order chi connectivity index (χ1) is 11.6. The molecule has 0 radical (unpaired) electrons. The van der Waals surface area contributed by atoms with Gasteiger partial charge in [0.1, 0.15) is 5.82 Å². The second-order valence-electron chi connectivity index (χ2n) is 5.70. The average Bonchev–Trinajstić information content (AvgIpc) is 2.97. The van der Waals surface area contributed by atoms with Crippen LogP contribution in [0.2, 0.25) is 0 Å². The standard InChI is InChI=1S/C17H19N5O2/c1-3-15(23)18-13-7-4-6-12(10-13)17(24)19-14-8-5-9-22-11(2)20-21-16(14)22/h3-4,6-7,10,14H,1,5,8-9H2,2H3,(H,18,23)(H,19,24). The summed E-state index contributed by atoms with van der Waals surface area (Å²) in [6, 6.07) is 6.63. The highest BCUT2D eigenvalue weighted by atomic mass is 16.2. The number of aryl methyl sites for hydroxylation is 1. The molecule has 3 rings (SSSR count). The zero-order chi connectivity index (χ0) is 17.1. The molecule has 1 unspecified atom stereocenters. The normalized spacial score (nSPS) is 16.1. The molecule has 0 saturated heterocycles. The van der Waals surface area contributed by atoms with Crippen molar-refractivity contribution in [3.8, 4) is 0 Å². The molecule has 7 nitrogen and oxygen atoms in total. The van der Waals surface area contributed by atoms with E-state index in [4.69, 9.17) is 0 Å². The van der Waals surface area contributed by atoms with Gasteiger partial charge in [0, 0.05) is 17.8 Å². The van der Waals surface area contributed by atoms with Gasteiger partial charge in [-0.2, -0.15) is 0 Å². The fraction of sp³-hybridized carbons (Fsp3) is 0.294. The summed E-state index contributed by atoms with van der Waals surface area (Å²) in [5.74, 6) is 1.13. The summed E-state index contributed by atoms with van der Waals surface area (Å²) in [6.45, 7) is 6.20. The summed E-state index contributed by atoms with van der Waals surface area (Å²) in [6.07, 6.45) is 2.98. The minimum absolute atomic E-state index is 0.154. The molecule has 2 N–H and O–H groups in total. The van der Waals surface area contributed by atoms with Gasteiger partial charge in [0.05, 0.1) is 6.04 Å². The van der Waals surface area contributed by atoms with Crippen LogP contribution in [0.15, 0.2) is 36.9 Å². The van der Waals surface area contributed by atoms with Crippen LogP contribution >= 0.6 is 0 Å². The molecule has 1 aliphatic heterocycles. The fourth-order valence-corrected chi connectivity index (χ4v) is 2.82. The maximum absolute atomic E-state index is 12.5. The van der Waals surface area contributed by atoms with Gasteiger partial charge in [-0.05, 0) is 44.0 Å². The second kappa shape index (κ2) is 6.66. The van der Waals surface area contributed by atoms with Gasteiger partial charge in [0.25, 0.3) is 5.91 Å². The van der Waals surface area contributed by atoms with Crippen LogP contribution in [0.1, 0.15) is 40.9 Å². The third-order valence-corrected chi connectivity index (χ3v) is 4.03. The number of nitrogens with zero attached hydrogens (tertiary/aromatic N) is 3. The molecular formula is C17H19N5O2. The molecule has 1 aromatic heterocycles. The van der Waals surface area contributed by atoms with Crippen molar-refractivity contribution in [2.24, 2.45) is 0 Å². The number of benzene rings is 1. The summed E-state index contributed by atoms with van der Waals surface area (Å²) in [4.78, 5) is 23.9. The van der Waals surface area contributed by atoms with Gasteiger partial charge in [-0.25, -0.2) is 0 Å². The average molecular weight is 325 g/mol. The predicted octanol–water partition coefficient (Wildman–Crippen LogP) is 1.98. The fourth-order valence-electron chi connectivity index (χ4n) is 2.82. The number of carbonyl (C=O) groups is 2. The molecule has 0 spiro atoms. The third kappa shape index (κ3) is 3.19. The first kappa shape index (κ1) is 15.9. The van der Waals surface area contributed by atoms with Crippen molar-refractivity contribution >= 4 is 17.5 Å². The summed E-state index contributed by atoms with van der Waals surface area (Å²) in [7, 11) is 0. The van der Waals surface area contributed by atoms with Gasteiger partial charge >= 0.3 is 0 Å². The van der Waals surface area contributed by atoms with E-state index in [0.717, 1.165) is 31.0 Å². The van der Waals surface area contributed by atoms with Crippen LogP contribution in [0.25, 0.3) is 0 Å². The molecule has 2 heterocycles. The molecule has 0 fully saturated rings. The lowest BCUT2D eigenvalue weighted by Gasteiger charge is -2.24. The summed E-state index contributed by atoms with van der Waals surface area (Å²) >= 11 is 0. The molecule has 7 heteroatoms. The van der Waals surface area contributed by atoms with Crippen LogP contribution in [0.5, 0.6) is 0 Å². The Bertz CT molecular complexity index is 796. The zero-order valence-corrected chi connectivity index (χ0v) is 13.5. The molecule has 1 aliphatic rings. The molecule has 24 heavy (non-hydrogen) atoms. The molecule has 0 aliphatic carbocycles. The van der Waals surface area contributed by atoms with Crippen LogP contribution < -0.4 is 10.6 Å². The smallest absolute Gasteiger partial charge is 0.251 e. The minimum atomic E-state index is -0.316. The van der Waals surface area contributed by atoms with Crippen molar-refractivity contribution in [3.05, 3.63) is 54.1 Å². The van der Waals surface area contributed by atoms with Crippen molar-refractivity contribution in [2.45, 2.75) is 32.4 Å². The van der Waals surface area contributed by atoms with Crippen molar-refractivity contribution in [1.29, 1.82) is 0 Å². The highest BCUT2D eigenvalue weighted by Gasteiger charge is 2.25. The van der Waals surface area contributed by atoms with Crippen LogP contribution in [-0.4, -0.2) is 26.6 Å². The number of hydrogen-bond acceptors (Lipinski definition) is 4. The lowest BCUT2D eigenvalue weighted by atomic mass is 10.1. The van der Waals surface area contributed by atoms with Crippen molar-refractivity contribution in [3.63, 3.8) is 0 Å². The van der Waals surface area contributed by atoms with E-state index in [9.17, 15) is 9.59 Å². The molecule has 1 atom stereocenters. The monoisotopic (exact) mass is 325 g/mol. The maximum atomic E-state index is 12.5. The first-order valence-electron chi connectivity index (χ1n) is 7.82. The molecule has 1 aromatic carbocycles. The lowest BCUT2D eigenvalue weighted by molar-refractivity contribution is -0.111. The van der Waals surface area contributed by atoms with Gasteiger partial charge in [0.15, 0.2) is 5.82 Å². The Morgan fingerprint density at radius 2 is 2.21 bits per heavy atom. The van der Waals surface area contributed by atoms with Gasteiger partial charge in [-0.15, -0.1) is 10.2 Å². The topological polar surface area (TPSA) is 88.9 Å². The Hall–Kier alpha value is -2.96. The Kier molecular flexibility index (Phi) is 4.41. The van der Waals surface area contributed by atoms with Gasteiger partial charge < -0.3 is 15.2 Å². The minimum Gasteiger partial charge on any atom is -0.342 e. The Labute approximate surface area is 139 Å². The number of anilines is 1. The number of rotatable bonds is 4. The van der Waals surface area contributed by atoms with E-state index in [1.807, 2.05) is 11.5 Å². The van der Waals surface area contributed by atoms with Crippen molar-refractivity contribution < 1.29 is 9.59 Å². The molecule has 2 amide bonds. The Morgan fingerprint density at radius 3 is 3.00 bits per heavy atom. The van der Waals surface area contributed by atoms with E-state index in [0.29, 0.717) is 11.3 Å². The van der Waals surface area contributed by atoms with Crippen molar-refractivity contribution in [1.82, 2.24) is 20.1 Å². The van der Waals surface area contributed by atoms with Crippen LogP contribution in [0.3, 0.4) is 0 Å². The highest BCUT2D eigenvalue weighted by Crippen LogP contribution is 2.24. The van der Waals surface area contributed by atoms with E-state index >= 15 is 0 Å². The van der Waals surface area contributed by atoms with Crippen LogP contribution in [-0.2, 0) is 11.3 Å². The quantitative estimate of drug-likeness (QED) is 0.841. The van der Waals surface area contributed by atoms with E-state index in [1.165, 1.54) is 6.08 Å². The molecule has 2 aromatic rings. The Balaban J connectivity index is 1.75. The predicted molar refractivity (Wildman–Crippen MR) is 89.5 cm³/mol. The maximum Gasteiger partial charge on any atom is 0.251 e. The number of nitrogens with one attached hydrogen (secondary N) is 2. The summed E-state index contributed by atoms with van der Waals surface area (Å²) < 4.78 is 2.04. The number of amides is 2. The number of carbonyl (C=O) groups excluding carboxylic acids is 2.